The molecule has 0 aliphatic carbocycles. The fourth-order valence-electron chi connectivity index (χ4n) is 3.21. The van der Waals surface area contributed by atoms with Crippen molar-refractivity contribution in [1.82, 2.24) is 15.1 Å². The van der Waals surface area contributed by atoms with Crippen molar-refractivity contribution >= 4 is 11.8 Å². The van der Waals surface area contributed by atoms with Gasteiger partial charge in [0.15, 0.2) is 0 Å². The number of carbonyl (C=O) groups excluding carboxylic acids is 2. The van der Waals surface area contributed by atoms with E-state index >= 15 is 0 Å². The van der Waals surface area contributed by atoms with Crippen molar-refractivity contribution in [2.75, 3.05) is 26.2 Å². The summed E-state index contributed by atoms with van der Waals surface area (Å²) in [5, 5.41) is 2.69. The molecule has 5 nitrogen and oxygen atoms in total. The smallest absolute Gasteiger partial charge is 0.353 e. The Hall–Kier alpha value is -2.61. The first-order valence-electron chi connectivity index (χ1n) is 8.94. The highest BCUT2D eigenvalue weighted by Gasteiger charge is 2.36. The van der Waals surface area contributed by atoms with Gasteiger partial charge in [-0.2, -0.15) is 13.2 Å². The lowest BCUT2D eigenvalue weighted by Gasteiger charge is -2.36. The van der Waals surface area contributed by atoms with E-state index in [1.54, 1.807) is 17.1 Å². The summed E-state index contributed by atoms with van der Waals surface area (Å²) in [5.74, 6) is -0.641. The zero-order valence-corrected chi connectivity index (χ0v) is 15.5. The molecule has 0 aromatic heterocycles. The minimum atomic E-state index is -4.48. The third-order valence-electron chi connectivity index (χ3n) is 4.56. The molecular formula is C20H24F3N3O2. The molecular weight excluding hydrogens is 371 g/mol. The van der Waals surface area contributed by atoms with Crippen LogP contribution in [0.15, 0.2) is 49.6 Å². The van der Waals surface area contributed by atoms with Gasteiger partial charge in [-0.15, -0.1) is 13.2 Å². The average molecular weight is 395 g/mol. The SMILES string of the molecule is C=CCN(CC=C)C(=O)C[C@@H]1C(=O)NCCN1Cc1ccccc1C(F)(F)F. The van der Waals surface area contributed by atoms with E-state index in [1.165, 1.54) is 23.1 Å². The van der Waals surface area contributed by atoms with E-state index in [-0.39, 0.29) is 30.3 Å². The zero-order valence-electron chi connectivity index (χ0n) is 15.5. The van der Waals surface area contributed by atoms with Crippen molar-refractivity contribution < 1.29 is 22.8 Å². The number of piperazine rings is 1. The predicted octanol–water partition coefficient (Wildman–Crippen LogP) is 2.60. The van der Waals surface area contributed by atoms with E-state index in [1.807, 2.05) is 0 Å². The van der Waals surface area contributed by atoms with Crippen molar-refractivity contribution in [2.24, 2.45) is 0 Å². The number of halogens is 3. The van der Waals surface area contributed by atoms with Gasteiger partial charge < -0.3 is 10.2 Å². The minimum Gasteiger partial charge on any atom is -0.353 e. The highest BCUT2D eigenvalue weighted by molar-refractivity contribution is 5.89. The molecule has 8 heteroatoms. The highest BCUT2D eigenvalue weighted by atomic mass is 19.4. The first-order valence-corrected chi connectivity index (χ1v) is 8.94. The molecule has 1 aromatic carbocycles. The number of hydrogen-bond acceptors (Lipinski definition) is 3. The topological polar surface area (TPSA) is 52.7 Å². The number of hydrogen-bond donors (Lipinski definition) is 1. The average Bonchev–Trinajstić information content (AvgIpc) is 2.64. The van der Waals surface area contributed by atoms with Gasteiger partial charge in [-0.1, -0.05) is 30.4 Å². The van der Waals surface area contributed by atoms with Crippen molar-refractivity contribution in [2.45, 2.75) is 25.2 Å². The Balaban J connectivity index is 2.21. The molecule has 0 saturated carbocycles. The molecule has 0 radical (unpaired) electrons. The van der Waals surface area contributed by atoms with Gasteiger partial charge in [0, 0.05) is 32.7 Å². The summed E-state index contributed by atoms with van der Waals surface area (Å²) in [6.07, 6.45) is -1.47. The monoisotopic (exact) mass is 395 g/mol. The van der Waals surface area contributed by atoms with Gasteiger partial charge in [-0.25, -0.2) is 0 Å². The van der Waals surface area contributed by atoms with Crippen LogP contribution >= 0.6 is 0 Å². The number of carbonyl (C=O) groups is 2. The highest BCUT2D eigenvalue weighted by Crippen LogP contribution is 2.32. The summed E-state index contributed by atoms with van der Waals surface area (Å²) in [5.41, 5.74) is -0.651. The van der Waals surface area contributed by atoms with Crippen LogP contribution in [-0.4, -0.2) is 53.8 Å². The molecule has 1 aromatic rings. The van der Waals surface area contributed by atoms with Gasteiger partial charge in [0.25, 0.3) is 0 Å². The maximum atomic E-state index is 13.3. The van der Waals surface area contributed by atoms with E-state index in [0.717, 1.165) is 6.07 Å². The third kappa shape index (κ3) is 5.45. The molecule has 1 heterocycles. The van der Waals surface area contributed by atoms with Gasteiger partial charge in [0.1, 0.15) is 0 Å². The van der Waals surface area contributed by atoms with Crippen LogP contribution in [0, 0.1) is 0 Å². The van der Waals surface area contributed by atoms with Crippen LogP contribution in [0.3, 0.4) is 0 Å². The quantitative estimate of drug-likeness (QED) is 0.689. The van der Waals surface area contributed by atoms with E-state index in [0.29, 0.717) is 26.2 Å². The van der Waals surface area contributed by atoms with E-state index in [9.17, 15) is 22.8 Å². The summed E-state index contributed by atoms with van der Waals surface area (Å²) in [6.45, 7) is 8.43. The third-order valence-corrected chi connectivity index (χ3v) is 4.56. The molecule has 1 atom stereocenters. The largest absolute Gasteiger partial charge is 0.416 e. The molecule has 1 N–H and O–H groups in total. The van der Waals surface area contributed by atoms with Crippen LogP contribution in [0.25, 0.3) is 0 Å². The summed E-state index contributed by atoms with van der Waals surface area (Å²) in [7, 11) is 0. The number of rotatable bonds is 8. The van der Waals surface area contributed by atoms with E-state index < -0.39 is 17.8 Å². The Kier molecular flexibility index (Phi) is 7.39. The Labute approximate surface area is 162 Å². The number of amides is 2. The van der Waals surface area contributed by atoms with Crippen molar-refractivity contribution in [3.8, 4) is 0 Å². The Morgan fingerprint density at radius 2 is 1.89 bits per heavy atom. The molecule has 2 amide bonds. The normalized spacial score (nSPS) is 17.7. The number of alkyl halides is 3. The summed E-state index contributed by atoms with van der Waals surface area (Å²) in [6, 6.07) is 4.45. The molecule has 28 heavy (non-hydrogen) atoms. The second-order valence-electron chi connectivity index (χ2n) is 6.51. The molecule has 0 spiro atoms. The lowest BCUT2D eigenvalue weighted by Crippen LogP contribution is -2.56. The van der Waals surface area contributed by atoms with Crippen molar-refractivity contribution in [1.29, 1.82) is 0 Å². The van der Waals surface area contributed by atoms with Crippen LogP contribution in [0.5, 0.6) is 0 Å². The van der Waals surface area contributed by atoms with E-state index in [4.69, 9.17) is 0 Å². The zero-order chi connectivity index (χ0) is 20.7. The molecule has 0 unspecified atom stereocenters. The van der Waals surface area contributed by atoms with Gasteiger partial charge in [-0.05, 0) is 11.6 Å². The van der Waals surface area contributed by atoms with Crippen LogP contribution in [0.4, 0.5) is 13.2 Å². The Morgan fingerprint density at radius 3 is 2.50 bits per heavy atom. The summed E-state index contributed by atoms with van der Waals surface area (Å²) in [4.78, 5) is 28.1. The molecule has 152 valence electrons. The van der Waals surface area contributed by atoms with Gasteiger partial charge in [-0.3, -0.25) is 14.5 Å². The predicted molar refractivity (Wildman–Crippen MR) is 100 cm³/mol. The van der Waals surface area contributed by atoms with Gasteiger partial charge in [0.05, 0.1) is 18.0 Å². The first-order chi connectivity index (χ1) is 13.3. The lowest BCUT2D eigenvalue weighted by atomic mass is 10.0. The minimum absolute atomic E-state index is 0.0655. The fourth-order valence-corrected chi connectivity index (χ4v) is 3.21. The van der Waals surface area contributed by atoms with Gasteiger partial charge >= 0.3 is 6.18 Å². The number of nitrogens with zero attached hydrogens (tertiary/aromatic N) is 2. The number of nitrogens with one attached hydrogen (secondary N) is 1. The standard InChI is InChI=1S/C20H24F3N3O2/c1-3-10-25(11-4-2)18(27)13-17-19(28)24-9-12-26(17)14-15-7-5-6-8-16(15)20(21,22)23/h3-8,17H,1-2,9-14H2,(H,24,28)/t17-/m1/s1. The molecule has 0 bridgehead atoms. The Morgan fingerprint density at radius 1 is 1.25 bits per heavy atom. The second kappa shape index (κ2) is 9.54. The lowest BCUT2D eigenvalue weighted by molar-refractivity contribution is -0.140. The molecule has 1 aliphatic rings. The molecule has 1 aliphatic heterocycles. The van der Waals surface area contributed by atoms with Crippen molar-refractivity contribution in [3.05, 3.63) is 60.7 Å². The molecule has 2 rings (SSSR count). The Bertz CT molecular complexity index is 724. The first kappa shape index (κ1) is 21.7. The molecule has 1 fully saturated rings. The van der Waals surface area contributed by atoms with Crippen LogP contribution in [0.1, 0.15) is 17.5 Å². The maximum absolute atomic E-state index is 13.3. The van der Waals surface area contributed by atoms with Crippen LogP contribution in [-0.2, 0) is 22.3 Å². The summed E-state index contributed by atoms with van der Waals surface area (Å²) >= 11 is 0. The van der Waals surface area contributed by atoms with Crippen molar-refractivity contribution in [3.63, 3.8) is 0 Å². The van der Waals surface area contributed by atoms with Crippen LogP contribution in [0.2, 0.25) is 0 Å². The summed E-state index contributed by atoms with van der Waals surface area (Å²) < 4.78 is 39.9. The second-order valence-corrected chi connectivity index (χ2v) is 6.51. The maximum Gasteiger partial charge on any atom is 0.416 e. The molecule has 1 saturated heterocycles. The van der Waals surface area contributed by atoms with Gasteiger partial charge in [0.2, 0.25) is 11.8 Å². The fraction of sp³-hybridized carbons (Fsp3) is 0.400. The number of benzene rings is 1. The van der Waals surface area contributed by atoms with Crippen LogP contribution < -0.4 is 5.32 Å². The van der Waals surface area contributed by atoms with E-state index in [2.05, 4.69) is 18.5 Å².